The van der Waals surface area contributed by atoms with Gasteiger partial charge in [0.25, 0.3) is 0 Å². The van der Waals surface area contributed by atoms with Crippen LogP contribution in [0, 0.1) is 0 Å². The topological polar surface area (TPSA) is 42.4 Å². The lowest BCUT2D eigenvalue weighted by atomic mass is 10.2. The molecule has 0 amide bonds. The van der Waals surface area contributed by atoms with E-state index in [0.29, 0.717) is 6.04 Å². The van der Waals surface area contributed by atoms with Crippen LogP contribution in [-0.4, -0.2) is 10.9 Å². The summed E-state index contributed by atoms with van der Waals surface area (Å²) in [4.78, 5) is 2.47. The zero-order valence-electron chi connectivity index (χ0n) is 10.4. The van der Waals surface area contributed by atoms with E-state index in [0.717, 1.165) is 24.5 Å². The number of hydrogen-bond donors (Lipinski definition) is 1. The Bertz CT molecular complexity index is 503. The van der Waals surface area contributed by atoms with Gasteiger partial charge in [-0.05, 0) is 42.7 Å². The Morgan fingerprint density at radius 2 is 2.06 bits per heavy atom. The molecule has 1 aliphatic carbocycles. The molecule has 3 nitrogen and oxygen atoms in total. The molecule has 0 spiro atoms. The monoisotopic (exact) mass is 242 g/mol. The predicted octanol–water partition coefficient (Wildman–Crippen LogP) is 3.03. The molecule has 0 unspecified atom stereocenters. The molecule has 1 heterocycles. The highest BCUT2D eigenvalue weighted by Crippen LogP contribution is 2.30. The van der Waals surface area contributed by atoms with E-state index in [1.807, 2.05) is 24.3 Å². The molecule has 1 aromatic heterocycles. The fraction of sp³-hybridized carbons (Fsp3) is 0.333. The van der Waals surface area contributed by atoms with Crippen molar-refractivity contribution in [2.45, 2.75) is 32.0 Å². The van der Waals surface area contributed by atoms with Crippen LogP contribution in [-0.2, 0) is 13.1 Å². The fourth-order valence-electron chi connectivity index (χ4n) is 2.28. The van der Waals surface area contributed by atoms with Crippen LogP contribution in [0.5, 0.6) is 0 Å². The first-order valence-electron chi connectivity index (χ1n) is 6.42. The van der Waals surface area contributed by atoms with Crippen molar-refractivity contribution in [3.05, 3.63) is 54.0 Å². The molecule has 3 heteroatoms. The highest BCUT2D eigenvalue weighted by atomic mass is 16.3. The van der Waals surface area contributed by atoms with Gasteiger partial charge < -0.3 is 10.2 Å². The number of nitrogens with zero attached hydrogens (tertiary/aromatic N) is 1. The molecule has 0 bridgehead atoms. The van der Waals surface area contributed by atoms with E-state index in [9.17, 15) is 0 Å². The summed E-state index contributed by atoms with van der Waals surface area (Å²) in [5.41, 5.74) is 7.93. The van der Waals surface area contributed by atoms with E-state index in [2.05, 4.69) is 17.0 Å². The molecule has 1 saturated carbocycles. The van der Waals surface area contributed by atoms with Crippen LogP contribution in [0.4, 0.5) is 5.69 Å². The minimum Gasteiger partial charge on any atom is -0.468 e. The highest BCUT2D eigenvalue weighted by Gasteiger charge is 2.29. The summed E-state index contributed by atoms with van der Waals surface area (Å²) in [6.07, 6.45) is 4.33. The van der Waals surface area contributed by atoms with E-state index in [4.69, 9.17) is 10.2 Å². The molecule has 2 N–H and O–H groups in total. The number of anilines is 1. The van der Waals surface area contributed by atoms with Crippen LogP contribution in [0.3, 0.4) is 0 Å². The first-order chi connectivity index (χ1) is 8.81. The van der Waals surface area contributed by atoms with Gasteiger partial charge in [-0.15, -0.1) is 0 Å². The van der Waals surface area contributed by atoms with Crippen molar-refractivity contribution in [2.24, 2.45) is 0 Å². The number of hydrogen-bond acceptors (Lipinski definition) is 3. The molecule has 0 aliphatic heterocycles. The van der Waals surface area contributed by atoms with Crippen molar-refractivity contribution >= 4 is 5.69 Å². The Morgan fingerprint density at radius 1 is 1.17 bits per heavy atom. The summed E-state index contributed by atoms with van der Waals surface area (Å²) < 4.78 is 5.44. The van der Waals surface area contributed by atoms with E-state index in [1.165, 1.54) is 18.4 Å². The van der Waals surface area contributed by atoms with Gasteiger partial charge in [0, 0.05) is 18.3 Å². The van der Waals surface area contributed by atoms with Crippen molar-refractivity contribution in [3.8, 4) is 0 Å². The van der Waals surface area contributed by atoms with Gasteiger partial charge in [-0.1, -0.05) is 12.1 Å². The van der Waals surface area contributed by atoms with Crippen molar-refractivity contribution in [2.75, 3.05) is 5.73 Å². The van der Waals surface area contributed by atoms with Gasteiger partial charge >= 0.3 is 0 Å². The zero-order valence-corrected chi connectivity index (χ0v) is 10.4. The lowest BCUT2D eigenvalue weighted by Gasteiger charge is -2.21. The van der Waals surface area contributed by atoms with E-state index in [1.54, 1.807) is 6.26 Å². The van der Waals surface area contributed by atoms with E-state index < -0.39 is 0 Å². The highest BCUT2D eigenvalue weighted by molar-refractivity contribution is 5.40. The van der Waals surface area contributed by atoms with E-state index in [-0.39, 0.29) is 0 Å². The quantitative estimate of drug-likeness (QED) is 0.819. The Hall–Kier alpha value is -1.74. The molecule has 1 fully saturated rings. The molecule has 0 radical (unpaired) electrons. The first-order valence-corrected chi connectivity index (χ1v) is 6.42. The second-order valence-corrected chi connectivity index (χ2v) is 4.96. The van der Waals surface area contributed by atoms with Crippen LogP contribution in [0.2, 0.25) is 0 Å². The normalized spacial score (nSPS) is 15.2. The molecule has 1 aromatic carbocycles. The Balaban J connectivity index is 1.70. The van der Waals surface area contributed by atoms with Crippen molar-refractivity contribution < 1.29 is 4.42 Å². The SMILES string of the molecule is Nc1cccc(CN(Cc2ccco2)C2CC2)c1. The smallest absolute Gasteiger partial charge is 0.117 e. The summed E-state index contributed by atoms with van der Waals surface area (Å²) >= 11 is 0. The third kappa shape index (κ3) is 2.74. The van der Waals surface area contributed by atoms with Crippen molar-refractivity contribution in [1.82, 2.24) is 4.90 Å². The van der Waals surface area contributed by atoms with Gasteiger partial charge in [-0.25, -0.2) is 0 Å². The number of benzene rings is 1. The molecular formula is C15H18N2O. The molecule has 3 rings (SSSR count). The van der Waals surface area contributed by atoms with Crippen LogP contribution >= 0.6 is 0 Å². The largest absolute Gasteiger partial charge is 0.468 e. The Kier molecular flexibility index (Phi) is 3.07. The van der Waals surface area contributed by atoms with Crippen molar-refractivity contribution in [1.29, 1.82) is 0 Å². The molecular weight excluding hydrogens is 224 g/mol. The van der Waals surface area contributed by atoms with Crippen LogP contribution in [0.25, 0.3) is 0 Å². The molecule has 18 heavy (non-hydrogen) atoms. The summed E-state index contributed by atoms with van der Waals surface area (Å²) in [5, 5.41) is 0. The van der Waals surface area contributed by atoms with Crippen LogP contribution < -0.4 is 5.73 Å². The summed E-state index contributed by atoms with van der Waals surface area (Å²) in [6.45, 7) is 1.82. The van der Waals surface area contributed by atoms with Gasteiger partial charge in [0.05, 0.1) is 12.8 Å². The average Bonchev–Trinajstić information content (AvgIpc) is 3.08. The second kappa shape index (κ2) is 4.86. The average molecular weight is 242 g/mol. The summed E-state index contributed by atoms with van der Waals surface area (Å²) in [7, 11) is 0. The molecule has 0 atom stereocenters. The van der Waals surface area contributed by atoms with Gasteiger partial charge in [0.1, 0.15) is 5.76 Å². The van der Waals surface area contributed by atoms with Crippen molar-refractivity contribution in [3.63, 3.8) is 0 Å². The molecule has 1 aliphatic rings. The zero-order chi connectivity index (χ0) is 12.4. The van der Waals surface area contributed by atoms with Crippen LogP contribution in [0.1, 0.15) is 24.2 Å². The molecule has 2 aromatic rings. The maximum absolute atomic E-state index is 5.83. The summed E-state index contributed by atoms with van der Waals surface area (Å²) in [6, 6.07) is 12.8. The van der Waals surface area contributed by atoms with Gasteiger partial charge in [-0.2, -0.15) is 0 Å². The predicted molar refractivity (Wildman–Crippen MR) is 71.8 cm³/mol. The maximum Gasteiger partial charge on any atom is 0.117 e. The Labute approximate surface area is 107 Å². The van der Waals surface area contributed by atoms with E-state index >= 15 is 0 Å². The fourth-order valence-corrected chi connectivity index (χ4v) is 2.28. The summed E-state index contributed by atoms with van der Waals surface area (Å²) in [5.74, 6) is 1.03. The van der Waals surface area contributed by atoms with Gasteiger partial charge in [0.15, 0.2) is 0 Å². The number of nitrogen functional groups attached to an aromatic ring is 1. The third-order valence-corrected chi connectivity index (χ3v) is 3.34. The lowest BCUT2D eigenvalue weighted by Crippen LogP contribution is -2.24. The molecule has 0 saturated heterocycles. The first kappa shape index (κ1) is 11.4. The van der Waals surface area contributed by atoms with Crippen LogP contribution in [0.15, 0.2) is 47.1 Å². The Morgan fingerprint density at radius 3 is 2.72 bits per heavy atom. The minimum atomic E-state index is 0.705. The maximum atomic E-state index is 5.83. The number of furan rings is 1. The minimum absolute atomic E-state index is 0.705. The standard InChI is InChI=1S/C15H18N2O/c16-13-4-1-3-12(9-13)10-17(14-6-7-14)11-15-5-2-8-18-15/h1-5,8-9,14H,6-7,10-11,16H2. The lowest BCUT2D eigenvalue weighted by molar-refractivity contribution is 0.225. The van der Waals surface area contributed by atoms with Gasteiger partial charge in [-0.3, -0.25) is 4.90 Å². The third-order valence-electron chi connectivity index (χ3n) is 3.34. The number of rotatable bonds is 5. The number of nitrogens with two attached hydrogens (primary N) is 1. The second-order valence-electron chi connectivity index (χ2n) is 4.96. The molecule has 94 valence electrons. The van der Waals surface area contributed by atoms with Gasteiger partial charge in [0.2, 0.25) is 0 Å².